The number of anilines is 1. The van der Waals surface area contributed by atoms with Crippen LogP contribution in [0, 0.1) is 0 Å². The maximum atomic E-state index is 13.1. The smallest absolute Gasteiger partial charge is 0.414 e. The predicted molar refractivity (Wildman–Crippen MR) is 136 cm³/mol. The number of hydrogen-bond donors (Lipinski definition) is 3. The largest absolute Gasteiger partial charge is 0.447 e. The summed E-state index contributed by atoms with van der Waals surface area (Å²) in [5.41, 5.74) is 3.12. The Kier molecular flexibility index (Phi) is 9.76. The topological polar surface area (TPSA) is 109 Å². The molecule has 1 aliphatic rings. The number of nitrogens with one attached hydrogen (secondary N) is 3. The fourth-order valence-electron chi connectivity index (χ4n) is 3.60. The summed E-state index contributed by atoms with van der Waals surface area (Å²) in [6, 6.07) is 8.10. The van der Waals surface area contributed by atoms with Crippen LogP contribution in [0.25, 0.3) is 0 Å². The molecule has 3 amide bonds. The first-order valence-electron chi connectivity index (χ1n) is 11.5. The van der Waals surface area contributed by atoms with E-state index in [-0.39, 0.29) is 19.1 Å². The van der Waals surface area contributed by atoms with E-state index < -0.39 is 24.1 Å². The number of carbonyl (C=O) groups is 3. The van der Waals surface area contributed by atoms with Crippen LogP contribution in [0.2, 0.25) is 4.34 Å². The standard InChI is InChI=1S/C24H31ClN4O5S/c1-15(2)33-23(31)26-11-8-19(28-24(32)34-21-7-6-20(25)35-21)22(30)27-18-5-4-16-9-12-29(3)13-10-17(16)14-18/h4-7,14-15,19H,8-13H2,1-3H3,(H,26,31)(H,27,30)(H,28,32)/t19-/m1/s1. The molecule has 0 radical (unpaired) electrons. The number of carbonyl (C=O) groups excluding carboxylic acids is 3. The van der Waals surface area contributed by atoms with Gasteiger partial charge in [-0.25, -0.2) is 9.59 Å². The van der Waals surface area contributed by atoms with Gasteiger partial charge in [-0.15, -0.1) is 0 Å². The molecule has 0 saturated carbocycles. The van der Waals surface area contributed by atoms with Crippen LogP contribution in [0.3, 0.4) is 0 Å². The zero-order valence-corrected chi connectivity index (χ0v) is 21.6. The Morgan fingerprint density at radius 3 is 2.51 bits per heavy atom. The van der Waals surface area contributed by atoms with Gasteiger partial charge in [0.2, 0.25) is 5.91 Å². The van der Waals surface area contributed by atoms with Crippen LogP contribution in [-0.4, -0.2) is 61.8 Å². The van der Waals surface area contributed by atoms with E-state index in [0.717, 1.165) is 37.3 Å². The van der Waals surface area contributed by atoms with Gasteiger partial charge in [-0.2, -0.15) is 0 Å². The second-order valence-electron chi connectivity index (χ2n) is 8.59. The minimum atomic E-state index is -0.956. The van der Waals surface area contributed by atoms with E-state index in [1.807, 2.05) is 18.2 Å². The molecule has 11 heteroatoms. The Balaban J connectivity index is 1.65. The maximum absolute atomic E-state index is 13.1. The molecule has 0 spiro atoms. The number of fused-ring (bicyclic) bond motifs is 1. The third kappa shape index (κ3) is 8.72. The Hall–Kier alpha value is -2.82. The van der Waals surface area contributed by atoms with Crippen molar-refractivity contribution in [1.29, 1.82) is 0 Å². The van der Waals surface area contributed by atoms with Gasteiger partial charge in [0.25, 0.3) is 0 Å². The third-order valence-corrected chi connectivity index (χ3v) is 6.50. The molecular weight excluding hydrogens is 492 g/mol. The minimum absolute atomic E-state index is 0.116. The van der Waals surface area contributed by atoms with Crippen LogP contribution >= 0.6 is 22.9 Å². The number of benzene rings is 1. The number of alkyl carbamates (subject to hydrolysis) is 1. The highest BCUT2D eigenvalue weighted by Crippen LogP contribution is 2.28. The number of likely N-dealkylation sites (N-methyl/N-ethyl adjacent to an activating group) is 1. The lowest BCUT2D eigenvalue weighted by molar-refractivity contribution is -0.118. The van der Waals surface area contributed by atoms with E-state index >= 15 is 0 Å². The summed E-state index contributed by atoms with van der Waals surface area (Å²) in [4.78, 5) is 39.6. The molecule has 0 saturated heterocycles. The number of nitrogens with zero attached hydrogens (tertiary/aromatic N) is 1. The van der Waals surface area contributed by atoms with Gasteiger partial charge in [0.1, 0.15) is 6.04 Å². The molecule has 3 N–H and O–H groups in total. The molecule has 9 nitrogen and oxygen atoms in total. The SMILES string of the molecule is CC(C)OC(=O)NCC[C@@H](NC(=O)Oc1ccc(Cl)s1)C(=O)Nc1ccc2c(c1)CCN(C)CC2. The van der Waals surface area contributed by atoms with Gasteiger partial charge in [0.05, 0.1) is 10.4 Å². The normalized spacial score (nSPS) is 14.4. The van der Waals surface area contributed by atoms with Crippen LogP contribution in [0.4, 0.5) is 15.3 Å². The van der Waals surface area contributed by atoms with Crippen molar-refractivity contribution in [2.24, 2.45) is 0 Å². The summed E-state index contributed by atoms with van der Waals surface area (Å²) in [6.07, 6.45) is 0.335. The van der Waals surface area contributed by atoms with Crippen molar-refractivity contribution >= 4 is 46.7 Å². The molecule has 1 atom stereocenters. The second-order valence-corrected chi connectivity index (χ2v) is 10.3. The highest BCUT2D eigenvalue weighted by molar-refractivity contribution is 7.17. The summed E-state index contributed by atoms with van der Waals surface area (Å²) in [6.45, 7) is 5.54. The zero-order chi connectivity index (χ0) is 25.4. The Bertz CT molecular complexity index is 1040. The van der Waals surface area contributed by atoms with Crippen LogP contribution < -0.4 is 20.7 Å². The minimum Gasteiger partial charge on any atom is -0.447 e. The van der Waals surface area contributed by atoms with E-state index in [1.54, 1.807) is 26.0 Å². The average molecular weight is 523 g/mol. The van der Waals surface area contributed by atoms with Gasteiger partial charge in [0.15, 0.2) is 5.06 Å². The van der Waals surface area contributed by atoms with Gasteiger partial charge < -0.3 is 30.3 Å². The Morgan fingerprint density at radius 1 is 1.09 bits per heavy atom. The van der Waals surface area contributed by atoms with Crippen molar-refractivity contribution in [3.63, 3.8) is 0 Å². The van der Waals surface area contributed by atoms with Crippen LogP contribution in [0.1, 0.15) is 31.4 Å². The molecule has 1 aliphatic heterocycles. The van der Waals surface area contributed by atoms with Crippen molar-refractivity contribution < 1.29 is 23.9 Å². The lowest BCUT2D eigenvalue weighted by Crippen LogP contribution is -2.46. The summed E-state index contributed by atoms with van der Waals surface area (Å²) < 4.78 is 10.8. The Labute approximate surface area is 214 Å². The van der Waals surface area contributed by atoms with E-state index in [9.17, 15) is 14.4 Å². The van der Waals surface area contributed by atoms with Crippen molar-refractivity contribution in [3.05, 3.63) is 45.8 Å². The Morgan fingerprint density at radius 2 is 1.83 bits per heavy atom. The number of ether oxygens (including phenoxy) is 2. The molecule has 0 fully saturated rings. The van der Waals surface area contributed by atoms with Gasteiger partial charge in [0, 0.05) is 25.3 Å². The highest BCUT2D eigenvalue weighted by atomic mass is 35.5. The monoisotopic (exact) mass is 522 g/mol. The van der Waals surface area contributed by atoms with E-state index in [1.165, 1.54) is 11.1 Å². The first-order valence-corrected chi connectivity index (χ1v) is 12.7. The number of amides is 3. The van der Waals surface area contributed by atoms with E-state index in [4.69, 9.17) is 21.1 Å². The van der Waals surface area contributed by atoms with Crippen LogP contribution in [0.5, 0.6) is 5.06 Å². The summed E-state index contributed by atoms with van der Waals surface area (Å²) in [7, 11) is 2.10. The molecule has 3 rings (SSSR count). The molecule has 0 aliphatic carbocycles. The molecule has 0 unspecified atom stereocenters. The first kappa shape index (κ1) is 26.8. The molecule has 35 heavy (non-hydrogen) atoms. The van der Waals surface area contributed by atoms with Crippen LogP contribution in [0.15, 0.2) is 30.3 Å². The quantitative estimate of drug-likeness (QED) is 0.482. The van der Waals surface area contributed by atoms with Crippen molar-refractivity contribution in [2.45, 2.75) is 45.3 Å². The molecular formula is C24H31ClN4O5S. The zero-order valence-electron chi connectivity index (χ0n) is 20.1. The lowest BCUT2D eigenvalue weighted by atomic mass is 10.0. The van der Waals surface area contributed by atoms with Gasteiger partial charge in [-0.3, -0.25) is 4.79 Å². The number of halogens is 1. The third-order valence-electron chi connectivity index (χ3n) is 5.40. The summed E-state index contributed by atoms with van der Waals surface area (Å²) in [5.74, 6) is -0.420. The molecule has 0 bridgehead atoms. The van der Waals surface area contributed by atoms with Crippen molar-refractivity contribution in [3.8, 4) is 5.06 Å². The number of thiophene rings is 1. The first-order chi connectivity index (χ1) is 16.7. The lowest BCUT2D eigenvalue weighted by Gasteiger charge is -2.19. The highest BCUT2D eigenvalue weighted by Gasteiger charge is 2.23. The van der Waals surface area contributed by atoms with Crippen molar-refractivity contribution in [2.75, 3.05) is 32.0 Å². The fourth-order valence-corrected chi connectivity index (χ4v) is 4.48. The number of hydrogen-bond acceptors (Lipinski definition) is 7. The predicted octanol–water partition coefficient (Wildman–Crippen LogP) is 4.05. The maximum Gasteiger partial charge on any atom is 0.414 e. The van der Waals surface area contributed by atoms with E-state index in [0.29, 0.717) is 15.1 Å². The summed E-state index contributed by atoms with van der Waals surface area (Å²) >= 11 is 6.98. The molecule has 1 aromatic carbocycles. The van der Waals surface area contributed by atoms with Crippen molar-refractivity contribution in [1.82, 2.24) is 15.5 Å². The second kappa shape index (κ2) is 12.8. The molecule has 1 aromatic heterocycles. The molecule has 2 aromatic rings. The molecule has 190 valence electrons. The van der Waals surface area contributed by atoms with Gasteiger partial charge in [-0.1, -0.05) is 29.0 Å². The van der Waals surface area contributed by atoms with Crippen LogP contribution in [-0.2, 0) is 22.4 Å². The van der Waals surface area contributed by atoms with E-state index in [2.05, 4.69) is 27.9 Å². The summed E-state index contributed by atoms with van der Waals surface area (Å²) in [5, 5.41) is 8.36. The van der Waals surface area contributed by atoms with Gasteiger partial charge in [-0.05, 0) is 75.5 Å². The van der Waals surface area contributed by atoms with Gasteiger partial charge >= 0.3 is 12.2 Å². The molecule has 2 heterocycles. The number of rotatable bonds is 8. The fraction of sp³-hybridized carbons (Fsp3) is 0.458. The average Bonchev–Trinajstić information content (AvgIpc) is 3.10.